The van der Waals surface area contributed by atoms with E-state index in [0.717, 1.165) is 0 Å². The van der Waals surface area contributed by atoms with Crippen molar-refractivity contribution >= 4 is 23.6 Å². The Morgan fingerprint density at radius 1 is 1.27 bits per heavy atom. The summed E-state index contributed by atoms with van der Waals surface area (Å²) < 4.78 is 15.7. The average Bonchev–Trinajstić information content (AvgIpc) is 2.90. The molecule has 0 bridgehead atoms. The van der Waals surface area contributed by atoms with Gasteiger partial charge in [0, 0.05) is 18.7 Å². The van der Waals surface area contributed by atoms with E-state index < -0.39 is 5.97 Å². The average molecular weight is 418 g/mol. The normalized spacial score (nSPS) is 17.0. The Morgan fingerprint density at radius 2 is 2.00 bits per heavy atom. The molecule has 1 fully saturated rings. The molecule has 0 aliphatic carbocycles. The number of methoxy groups -OCH3 is 1. The zero-order chi connectivity index (χ0) is 21.7. The maximum atomic E-state index is 12.9. The summed E-state index contributed by atoms with van der Waals surface area (Å²) in [6.45, 7) is 1.40. The number of hydrogen-bond acceptors (Lipinski definition) is 7. The summed E-state index contributed by atoms with van der Waals surface area (Å²) in [6.07, 6.45) is 1.15. The molecule has 0 saturated carbocycles. The van der Waals surface area contributed by atoms with E-state index in [-0.39, 0.29) is 50.1 Å². The Labute approximate surface area is 174 Å². The molecule has 2 heterocycles. The van der Waals surface area contributed by atoms with Gasteiger partial charge in [-0.3, -0.25) is 15.0 Å². The summed E-state index contributed by atoms with van der Waals surface area (Å²) in [5.41, 5.74) is 6.32. The first-order valence-corrected chi connectivity index (χ1v) is 9.75. The number of amides is 2. The van der Waals surface area contributed by atoms with Gasteiger partial charge < -0.3 is 29.7 Å². The maximum Gasteiger partial charge on any atom is 0.331 e. The second kappa shape index (κ2) is 9.57. The predicted molar refractivity (Wildman–Crippen MR) is 106 cm³/mol. The molecule has 2 aliphatic heterocycles. The number of nitrogens with one attached hydrogen (secondary N) is 1. The number of nitrogen functional groups attached to an aromatic ring is 1. The lowest BCUT2D eigenvalue weighted by atomic mass is 10.1. The number of fused-ring (bicyclic) bond motifs is 1. The quantitative estimate of drug-likeness (QED) is 0.377. The van der Waals surface area contributed by atoms with Crippen LogP contribution < -0.4 is 10.5 Å². The monoisotopic (exact) mass is 418 g/mol. The molecular weight excluding hydrogens is 392 g/mol. The van der Waals surface area contributed by atoms with Gasteiger partial charge in [0.05, 0.1) is 25.3 Å². The Balaban J connectivity index is 1.56. The van der Waals surface area contributed by atoms with Crippen molar-refractivity contribution in [2.75, 3.05) is 46.5 Å². The molecular formula is C20H26N4O6. The first kappa shape index (κ1) is 21.6. The summed E-state index contributed by atoms with van der Waals surface area (Å²) in [4.78, 5) is 40.0. The van der Waals surface area contributed by atoms with Crippen LogP contribution >= 0.6 is 0 Å². The number of amidine groups is 1. The van der Waals surface area contributed by atoms with Crippen molar-refractivity contribution < 1.29 is 28.6 Å². The number of nitrogens with two attached hydrogens (primary N) is 1. The van der Waals surface area contributed by atoms with E-state index in [2.05, 4.69) is 4.74 Å². The lowest BCUT2D eigenvalue weighted by Gasteiger charge is -2.33. The molecule has 10 heteroatoms. The zero-order valence-corrected chi connectivity index (χ0v) is 16.9. The van der Waals surface area contributed by atoms with Crippen molar-refractivity contribution in [3.8, 4) is 5.75 Å². The van der Waals surface area contributed by atoms with Crippen LogP contribution in [-0.4, -0.2) is 86.0 Å². The summed E-state index contributed by atoms with van der Waals surface area (Å²) in [5, 5.41) is 7.52. The molecule has 162 valence electrons. The fraction of sp³-hybridized carbons (Fsp3) is 0.500. The third kappa shape index (κ3) is 5.07. The molecule has 0 radical (unpaired) electrons. The van der Waals surface area contributed by atoms with Gasteiger partial charge in [0.15, 0.2) is 0 Å². The summed E-state index contributed by atoms with van der Waals surface area (Å²) >= 11 is 0. The van der Waals surface area contributed by atoms with Gasteiger partial charge in [0.2, 0.25) is 5.91 Å². The topological polar surface area (TPSA) is 135 Å². The van der Waals surface area contributed by atoms with Gasteiger partial charge >= 0.3 is 5.97 Å². The number of nitrogens with zero attached hydrogens (tertiary/aromatic N) is 2. The highest BCUT2D eigenvalue weighted by molar-refractivity contribution is 6.01. The first-order valence-electron chi connectivity index (χ1n) is 9.75. The summed E-state index contributed by atoms with van der Waals surface area (Å²) in [5.74, 6) is -0.595. The smallest absolute Gasteiger partial charge is 0.331 e. The van der Waals surface area contributed by atoms with E-state index in [0.29, 0.717) is 42.8 Å². The van der Waals surface area contributed by atoms with Gasteiger partial charge in [0.1, 0.15) is 31.3 Å². The largest absolute Gasteiger partial charge is 0.491 e. The number of hydrogen-bond donors (Lipinski definition) is 2. The highest BCUT2D eigenvalue weighted by Crippen LogP contribution is 2.25. The van der Waals surface area contributed by atoms with Crippen molar-refractivity contribution in [2.45, 2.75) is 18.9 Å². The number of carbonyl (C=O) groups excluding carboxylic acids is 3. The molecule has 10 nitrogen and oxygen atoms in total. The highest BCUT2D eigenvalue weighted by Gasteiger charge is 2.29. The Bertz CT molecular complexity index is 835. The fourth-order valence-corrected chi connectivity index (χ4v) is 3.45. The molecule has 2 aliphatic rings. The van der Waals surface area contributed by atoms with Crippen molar-refractivity contribution in [1.29, 1.82) is 5.41 Å². The van der Waals surface area contributed by atoms with Crippen LogP contribution in [0.25, 0.3) is 0 Å². The van der Waals surface area contributed by atoms with Crippen molar-refractivity contribution in [3.05, 3.63) is 29.3 Å². The molecule has 3 N–H and O–H groups in total. The molecule has 2 amide bonds. The van der Waals surface area contributed by atoms with Gasteiger partial charge in [-0.25, -0.2) is 4.79 Å². The molecule has 1 aromatic rings. The number of benzene rings is 1. The van der Waals surface area contributed by atoms with Crippen LogP contribution in [0.2, 0.25) is 0 Å². The maximum absolute atomic E-state index is 12.9. The van der Waals surface area contributed by atoms with Crippen molar-refractivity contribution in [2.24, 2.45) is 5.73 Å². The zero-order valence-electron chi connectivity index (χ0n) is 16.9. The number of esters is 1. The molecule has 0 atom stereocenters. The second-order valence-corrected chi connectivity index (χ2v) is 7.17. The minimum Gasteiger partial charge on any atom is -0.491 e. The van der Waals surface area contributed by atoms with Crippen LogP contribution in [0.3, 0.4) is 0 Å². The third-order valence-corrected chi connectivity index (χ3v) is 5.21. The van der Waals surface area contributed by atoms with Gasteiger partial charge in [-0.2, -0.15) is 0 Å². The standard InChI is InChI=1S/C20H26N4O6/c1-28-18(26)12-30-14-4-6-23(7-5-14)17(25)11-24-8-9-29-16-10-13(19(21)22)2-3-15(16)20(24)27/h2-3,10,14H,4-9,11-12H2,1H3,(H3,21,22). The molecule has 30 heavy (non-hydrogen) atoms. The Hall–Kier alpha value is -3.14. The van der Waals surface area contributed by atoms with E-state index in [1.54, 1.807) is 23.1 Å². The highest BCUT2D eigenvalue weighted by atomic mass is 16.6. The van der Waals surface area contributed by atoms with Crippen molar-refractivity contribution in [3.63, 3.8) is 0 Å². The van der Waals surface area contributed by atoms with Crippen LogP contribution in [0.1, 0.15) is 28.8 Å². The van der Waals surface area contributed by atoms with E-state index in [1.807, 2.05) is 0 Å². The van der Waals surface area contributed by atoms with E-state index >= 15 is 0 Å². The molecule has 1 saturated heterocycles. The first-order chi connectivity index (χ1) is 14.4. The molecule has 0 aromatic heterocycles. The fourth-order valence-electron chi connectivity index (χ4n) is 3.45. The van der Waals surface area contributed by atoms with E-state index in [4.69, 9.17) is 20.6 Å². The van der Waals surface area contributed by atoms with Gasteiger partial charge in [-0.05, 0) is 25.0 Å². The third-order valence-electron chi connectivity index (χ3n) is 5.21. The lowest BCUT2D eigenvalue weighted by Crippen LogP contribution is -2.47. The van der Waals surface area contributed by atoms with Crippen LogP contribution in [0.15, 0.2) is 18.2 Å². The van der Waals surface area contributed by atoms with Crippen LogP contribution in [0, 0.1) is 5.41 Å². The molecule has 1 aromatic carbocycles. The predicted octanol–water partition coefficient (Wildman–Crippen LogP) is -0.0141. The summed E-state index contributed by atoms with van der Waals surface area (Å²) in [6, 6.07) is 4.73. The van der Waals surface area contributed by atoms with E-state index in [9.17, 15) is 14.4 Å². The number of carbonyl (C=O) groups is 3. The Morgan fingerprint density at radius 3 is 2.67 bits per heavy atom. The number of piperidine rings is 1. The SMILES string of the molecule is COC(=O)COC1CCN(C(=O)CN2CCOc3cc(C(=N)N)ccc3C2=O)CC1. The van der Waals surface area contributed by atoms with Gasteiger partial charge in [-0.15, -0.1) is 0 Å². The lowest BCUT2D eigenvalue weighted by molar-refractivity contribution is -0.150. The number of likely N-dealkylation sites (tertiary alicyclic amines) is 1. The molecule has 0 unspecified atom stereocenters. The van der Waals surface area contributed by atoms with Crippen LogP contribution in [-0.2, 0) is 19.1 Å². The number of rotatable bonds is 6. The van der Waals surface area contributed by atoms with Gasteiger partial charge in [-0.1, -0.05) is 6.07 Å². The molecule has 3 rings (SSSR count). The van der Waals surface area contributed by atoms with Gasteiger partial charge in [0.25, 0.3) is 5.91 Å². The Kier molecular flexibility index (Phi) is 6.88. The summed E-state index contributed by atoms with van der Waals surface area (Å²) in [7, 11) is 1.31. The molecule has 0 spiro atoms. The minimum absolute atomic E-state index is 0.0379. The second-order valence-electron chi connectivity index (χ2n) is 7.17. The van der Waals surface area contributed by atoms with Crippen LogP contribution in [0.4, 0.5) is 0 Å². The van der Waals surface area contributed by atoms with Crippen molar-refractivity contribution in [1.82, 2.24) is 9.80 Å². The van der Waals surface area contributed by atoms with E-state index in [1.165, 1.54) is 12.0 Å². The van der Waals surface area contributed by atoms with Crippen LogP contribution in [0.5, 0.6) is 5.75 Å². The number of ether oxygens (including phenoxy) is 3. The minimum atomic E-state index is -0.425.